The number of sulfonamides is 1. The van der Waals surface area contributed by atoms with Crippen LogP contribution in [0.25, 0.3) is 0 Å². The Labute approximate surface area is 122 Å². The number of halogens is 3. The molecule has 0 aromatic heterocycles. The van der Waals surface area contributed by atoms with Crippen molar-refractivity contribution in [3.63, 3.8) is 0 Å². The van der Waals surface area contributed by atoms with Crippen molar-refractivity contribution < 1.29 is 21.6 Å². The number of nitrogens with zero attached hydrogens (tertiary/aromatic N) is 1. The van der Waals surface area contributed by atoms with Gasteiger partial charge in [0.1, 0.15) is 0 Å². The van der Waals surface area contributed by atoms with E-state index in [1.807, 2.05) is 0 Å². The lowest BCUT2D eigenvalue weighted by molar-refractivity contribution is -0.139. The molecule has 0 saturated carbocycles. The topological polar surface area (TPSA) is 49.4 Å². The van der Waals surface area contributed by atoms with Gasteiger partial charge in [0, 0.05) is 25.2 Å². The lowest BCUT2D eigenvalue weighted by Gasteiger charge is -2.35. The minimum Gasteiger partial charge on any atom is -0.309 e. The molecule has 1 fully saturated rings. The van der Waals surface area contributed by atoms with Gasteiger partial charge in [0.25, 0.3) is 0 Å². The van der Waals surface area contributed by atoms with Gasteiger partial charge in [0.05, 0.1) is 10.5 Å². The highest BCUT2D eigenvalue weighted by Crippen LogP contribution is 2.35. The first-order valence-corrected chi connectivity index (χ1v) is 7.99. The van der Waals surface area contributed by atoms with Crippen LogP contribution in [0, 0.1) is 0 Å². The Morgan fingerprint density at radius 3 is 2.19 bits per heavy atom. The molecule has 118 valence electrons. The smallest absolute Gasteiger partial charge is 0.309 e. The first-order valence-electron chi connectivity index (χ1n) is 6.55. The van der Waals surface area contributed by atoms with Crippen LogP contribution in [0.2, 0.25) is 0 Å². The highest BCUT2D eigenvalue weighted by Gasteiger charge is 2.40. The van der Waals surface area contributed by atoms with E-state index in [9.17, 15) is 21.6 Å². The zero-order valence-electron chi connectivity index (χ0n) is 11.7. The number of alkyl halides is 3. The quantitative estimate of drug-likeness (QED) is 0.907. The van der Waals surface area contributed by atoms with Crippen molar-refractivity contribution in [3.8, 4) is 0 Å². The molecule has 0 aliphatic carbocycles. The van der Waals surface area contributed by atoms with Gasteiger partial charge < -0.3 is 5.32 Å². The summed E-state index contributed by atoms with van der Waals surface area (Å²) in [5, 5.41) is 3.15. The standard InChI is InChI=1S/C13H17F3N2O2S/c1-9-7-18(8-10(2)17-9)21(19,20)12-6-4-3-5-11(12)13(14,15)16/h3-6,9-10,17H,7-8H2,1-2H3. The minimum absolute atomic E-state index is 0.110. The molecule has 2 atom stereocenters. The summed E-state index contributed by atoms with van der Waals surface area (Å²) in [5.74, 6) is 0. The van der Waals surface area contributed by atoms with Gasteiger partial charge in [-0.1, -0.05) is 12.1 Å². The van der Waals surface area contributed by atoms with Crippen LogP contribution in [0.4, 0.5) is 13.2 Å². The second-order valence-corrected chi connectivity index (χ2v) is 7.19. The van der Waals surface area contributed by atoms with E-state index >= 15 is 0 Å². The van der Waals surface area contributed by atoms with Crippen LogP contribution >= 0.6 is 0 Å². The number of benzene rings is 1. The lowest BCUT2D eigenvalue weighted by atomic mass is 10.2. The van der Waals surface area contributed by atoms with Crippen LogP contribution in [0.3, 0.4) is 0 Å². The summed E-state index contributed by atoms with van der Waals surface area (Å²) in [7, 11) is -4.17. The molecule has 1 saturated heterocycles. The monoisotopic (exact) mass is 322 g/mol. The Hall–Kier alpha value is -1.12. The second-order valence-electron chi connectivity index (χ2n) is 5.28. The SMILES string of the molecule is CC1CN(S(=O)(=O)c2ccccc2C(F)(F)F)CC(C)N1. The minimum atomic E-state index is -4.70. The van der Waals surface area contributed by atoms with Gasteiger partial charge in [-0.15, -0.1) is 0 Å². The van der Waals surface area contributed by atoms with Crippen molar-refractivity contribution in [2.75, 3.05) is 13.1 Å². The van der Waals surface area contributed by atoms with E-state index in [1.54, 1.807) is 13.8 Å². The molecule has 1 aromatic rings. The Morgan fingerprint density at radius 1 is 1.14 bits per heavy atom. The van der Waals surface area contributed by atoms with Gasteiger partial charge in [-0.05, 0) is 26.0 Å². The van der Waals surface area contributed by atoms with Crippen LogP contribution in [-0.4, -0.2) is 37.9 Å². The van der Waals surface area contributed by atoms with Crippen LogP contribution in [-0.2, 0) is 16.2 Å². The molecule has 0 spiro atoms. The summed E-state index contributed by atoms with van der Waals surface area (Å²) in [4.78, 5) is -0.682. The fourth-order valence-corrected chi connectivity index (χ4v) is 4.37. The maximum absolute atomic E-state index is 13.0. The first-order chi connectivity index (χ1) is 9.62. The fourth-order valence-electron chi connectivity index (χ4n) is 2.54. The highest BCUT2D eigenvalue weighted by molar-refractivity contribution is 7.89. The number of rotatable bonds is 2. The normalized spacial score (nSPS) is 25.0. The zero-order chi connectivity index (χ0) is 15.8. The molecule has 1 N–H and O–H groups in total. The maximum atomic E-state index is 13.0. The van der Waals surface area contributed by atoms with Gasteiger partial charge in [0.15, 0.2) is 0 Å². The zero-order valence-corrected chi connectivity index (χ0v) is 12.5. The molecular weight excluding hydrogens is 305 g/mol. The number of hydrogen-bond acceptors (Lipinski definition) is 3. The Balaban J connectivity index is 2.45. The van der Waals surface area contributed by atoms with Crippen LogP contribution < -0.4 is 5.32 Å². The molecule has 2 unspecified atom stereocenters. The average molecular weight is 322 g/mol. The van der Waals surface area contributed by atoms with Gasteiger partial charge in [-0.25, -0.2) is 8.42 Å². The average Bonchev–Trinajstić information content (AvgIpc) is 2.36. The molecule has 1 aromatic carbocycles. The van der Waals surface area contributed by atoms with E-state index < -0.39 is 26.7 Å². The van der Waals surface area contributed by atoms with Crippen LogP contribution in [0.1, 0.15) is 19.4 Å². The first kappa shape index (κ1) is 16.3. The summed E-state index contributed by atoms with van der Waals surface area (Å²) >= 11 is 0. The van der Waals surface area contributed by atoms with Crippen molar-refractivity contribution in [3.05, 3.63) is 29.8 Å². The molecule has 0 radical (unpaired) electrons. The fraction of sp³-hybridized carbons (Fsp3) is 0.538. The predicted molar refractivity (Wildman–Crippen MR) is 72.3 cm³/mol. The van der Waals surface area contributed by atoms with E-state index in [0.717, 1.165) is 16.4 Å². The number of nitrogens with one attached hydrogen (secondary N) is 1. The second kappa shape index (κ2) is 5.58. The van der Waals surface area contributed by atoms with Crippen molar-refractivity contribution in [1.29, 1.82) is 0 Å². The summed E-state index contributed by atoms with van der Waals surface area (Å²) in [5.41, 5.74) is -1.12. The summed E-state index contributed by atoms with van der Waals surface area (Å²) < 4.78 is 65.2. The van der Waals surface area contributed by atoms with Crippen molar-refractivity contribution in [2.45, 2.75) is 37.0 Å². The molecular formula is C13H17F3N2O2S. The molecule has 0 bridgehead atoms. The Kier molecular flexibility index (Phi) is 4.32. The lowest BCUT2D eigenvalue weighted by Crippen LogP contribution is -2.55. The molecule has 2 rings (SSSR count). The maximum Gasteiger partial charge on any atom is 0.417 e. The van der Waals surface area contributed by atoms with E-state index in [-0.39, 0.29) is 25.2 Å². The van der Waals surface area contributed by atoms with Crippen molar-refractivity contribution in [2.24, 2.45) is 0 Å². The molecule has 1 aliphatic rings. The predicted octanol–water partition coefficient (Wildman–Crippen LogP) is 2.08. The summed E-state index contributed by atoms with van der Waals surface area (Å²) in [6.45, 7) is 3.90. The van der Waals surface area contributed by atoms with Crippen molar-refractivity contribution in [1.82, 2.24) is 9.62 Å². The van der Waals surface area contributed by atoms with Crippen LogP contribution in [0.5, 0.6) is 0 Å². The molecule has 4 nitrogen and oxygen atoms in total. The molecule has 1 aliphatic heterocycles. The number of hydrogen-bond donors (Lipinski definition) is 1. The molecule has 21 heavy (non-hydrogen) atoms. The number of piperazine rings is 1. The van der Waals surface area contributed by atoms with Crippen LogP contribution in [0.15, 0.2) is 29.2 Å². The molecule has 1 heterocycles. The summed E-state index contributed by atoms with van der Waals surface area (Å²) in [6, 6.07) is 4.07. The summed E-state index contributed by atoms with van der Waals surface area (Å²) in [6.07, 6.45) is -4.70. The van der Waals surface area contributed by atoms with E-state index in [0.29, 0.717) is 0 Å². The van der Waals surface area contributed by atoms with Gasteiger partial charge in [-0.2, -0.15) is 17.5 Å². The van der Waals surface area contributed by atoms with Gasteiger partial charge in [-0.3, -0.25) is 0 Å². The van der Waals surface area contributed by atoms with Crippen molar-refractivity contribution >= 4 is 10.0 Å². The van der Waals surface area contributed by atoms with E-state index in [4.69, 9.17) is 0 Å². The van der Waals surface area contributed by atoms with E-state index in [1.165, 1.54) is 12.1 Å². The van der Waals surface area contributed by atoms with Gasteiger partial charge >= 0.3 is 6.18 Å². The third kappa shape index (κ3) is 3.38. The Morgan fingerprint density at radius 2 is 1.67 bits per heavy atom. The van der Waals surface area contributed by atoms with Gasteiger partial charge in [0.2, 0.25) is 10.0 Å². The highest BCUT2D eigenvalue weighted by atomic mass is 32.2. The largest absolute Gasteiger partial charge is 0.417 e. The molecule has 0 amide bonds. The molecule has 8 heteroatoms. The third-order valence-electron chi connectivity index (χ3n) is 3.33. The van der Waals surface area contributed by atoms with E-state index in [2.05, 4.69) is 5.32 Å². The third-order valence-corrected chi connectivity index (χ3v) is 5.22. The Bertz CT molecular complexity index is 606.